The maximum Gasteiger partial charge on any atom is 0.0540 e. The van der Waals surface area contributed by atoms with E-state index in [4.69, 9.17) is 0 Å². The largest absolute Gasteiger partial charge is 0.311 e. The van der Waals surface area contributed by atoms with Crippen LogP contribution in [-0.4, -0.2) is 0 Å². The topological polar surface area (TPSA) is 13.0 Å². The lowest BCUT2D eigenvalue weighted by molar-refractivity contribution is 1.26. The average Bonchev–Trinajstić information content (AvgIpc) is 3.48. The molecule has 12 rings (SSSR count). The molecule has 0 radical (unpaired) electrons. The van der Waals surface area contributed by atoms with E-state index < -0.39 is 0 Å². The van der Waals surface area contributed by atoms with Crippen LogP contribution in [0.2, 0.25) is 0 Å². The highest BCUT2D eigenvalue weighted by molar-refractivity contribution is 5.99. The summed E-state index contributed by atoms with van der Waals surface area (Å²) in [7, 11) is 0. The molecule has 0 amide bonds. The molecule has 0 saturated heterocycles. The first-order chi connectivity index (χ1) is 36.7. The Balaban J connectivity index is 0.812. The molecule has 12 aromatic carbocycles. The molecule has 0 aliphatic rings. The zero-order chi connectivity index (χ0) is 49.5. The van der Waals surface area contributed by atoms with Gasteiger partial charge in [-0.1, -0.05) is 176 Å². The quantitative estimate of drug-likeness (QED) is 0.108. The Bertz CT molecular complexity index is 3640. The molecule has 0 bridgehead atoms. The molecule has 0 unspecified atom stereocenters. The van der Waals surface area contributed by atoms with Gasteiger partial charge in [-0.3, -0.25) is 0 Å². The fraction of sp³-hybridized carbons (Fsp3) is 0. The molecule has 0 aliphatic carbocycles. The summed E-state index contributed by atoms with van der Waals surface area (Å²) >= 11 is 0. The number of para-hydroxylation sites is 5. The molecule has 0 aromatic heterocycles. The van der Waals surface area contributed by atoms with E-state index in [9.17, 15) is 0 Å². The maximum atomic E-state index is 2.37. The fourth-order valence-electron chi connectivity index (χ4n) is 10.0. The van der Waals surface area contributed by atoms with Crippen molar-refractivity contribution in [2.75, 3.05) is 19.6 Å². The second-order valence-corrected chi connectivity index (χ2v) is 18.2. The maximum absolute atomic E-state index is 2.37. The van der Waals surface area contributed by atoms with E-state index in [1.807, 2.05) is 0 Å². The number of hydrogen-bond acceptors (Lipinski definition) is 4. The van der Waals surface area contributed by atoms with Crippen LogP contribution in [0.15, 0.2) is 315 Å². The summed E-state index contributed by atoms with van der Waals surface area (Å²) in [5.41, 5.74) is 17.8. The second kappa shape index (κ2) is 20.8. The molecule has 0 aliphatic heterocycles. The van der Waals surface area contributed by atoms with Gasteiger partial charge in [0, 0.05) is 67.9 Å². The Morgan fingerprint density at radius 3 is 0.676 bits per heavy atom. The summed E-state index contributed by atoms with van der Waals surface area (Å²) in [4.78, 5) is 9.28. The van der Waals surface area contributed by atoms with Crippen LogP contribution in [0.3, 0.4) is 0 Å². The number of nitrogens with zero attached hydrogens (tertiary/aromatic N) is 4. The van der Waals surface area contributed by atoms with Gasteiger partial charge in [0.15, 0.2) is 0 Å². The zero-order valence-corrected chi connectivity index (χ0v) is 40.8. The molecular formula is C70H52N4. The van der Waals surface area contributed by atoms with Gasteiger partial charge in [0.05, 0.1) is 5.69 Å². The molecule has 74 heavy (non-hydrogen) atoms. The third-order valence-corrected chi connectivity index (χ3v) is 13.6. The number of benzene rings is 12. The van der Waals surface area contributed by atoms with Gasteiger partial charge < -0.3 is 19.6 Å². The highest BCUT2D eigenvalue weighted by atomic mass is 15.2. The Morgan fingerprint density at radius 1 is 0.149 bits per heavy atom. The molecule has 4 nitrogen and oxygen atoms in total. The minimum absolute atomic E-state index is 1.08. The minimum atomic E-state index is 1.08. The van der Waals surface area contributed by atoms with E-state index in [0.29, 0.717) is 0 Å². The lowest BCUT2D eigenvalue weighted by Gasteiger charge is -2.29. The van der Waals surface area contributed by atoms with Crippen LogP contribution in [0.5, 0.6) is 0 Å². The first-order valence-corrected chi connectivity index (χ1v) is 25.2. The molecule has 0 heterocycles. The van der Waals surface area contributed by atoms with Crippen LogP contribution in [-0.2, 0) is 0 Å². The summed E-state index contributed by atoms with van der Waals surface area (Å²) in [6.07, 6.45) is 0. The average molecular weight is 949 g/mol. The number of fused-ring (bicyclic) bond motifs is 1. The van der Waals surface area contributed by atoms with Gasteiger partial charge in [-0.2, -0.15) is 0 Å². The summed E-state index contributed by atoms with van der Waals surface area (Å²) in [5.74, 6) is 0. The Morgan fingerprint density at radius 2 is 0.365 bits per heavy atom. The van der Waals surface area contributed by atoms with Crippen molar-refractivity contribution in [1.29, 1.82) is 0 Å². The molecule has 12 aromatic rings. The van der Waals surface area contributed by atoms with Gasteiger partial charge >= 0.3 is 0 Å². The smallest absolute Gasteiger partial charge is 0.0540 e. The highest BCUT2D eigenvalue weighted by Crippen LogP contribution is 2.43. The molecule has 0 N–H and O–H groups in total. The third kappa shape index (κ3) is 9.39. The monoisotopic (exact) mass is 948 g/mol. The van der Waals surface area contributed by atoms with Crippen LogP contribution in [0.1, 0.15) is 0 Å². The van der Waals surface area contributed by atoms with Gasteiger partial charge in [-0.05, 0) is 167 Å². The zero-order valence-electron chi connectivity index (χ0n) is 40.8. The number of hydrogen-bond donors (Lipinski definition) is 0. The lowest BCUT2D eigenvalue weighted by atomic mass is 9.99. The Kier molecular flexibility index (Phi) is 12.7. The molecule has 4 heteroatoms. The van der Waals surface area contributed by atoms with Crippen molar-refractivity contribution in [2.24, 2.45) is 0 Å². The first-order valence-electron chi connectivity index (χ1n) is 25.2. The van der Waals surface area contributed by atoms with Crippen LogP contribution in [0.4, 0.5) is 68.2 Å². The number of rotatable bonds is 14. The van der Waals surface area contributed by atoms with Crippen LogP contribution in [0.25, 0.3) is 33.0 Å². The highest BCUT2D eigenvalue weighted by Gasteiger charge is 2.19. The predicted molar refractivity (Wildman–Crippen MR) is 314 cm³/mol. The lowest BCUT2D eigenvalue weighted by Crippen LogP contribution is -2.12. The molecular weight excluding hydrogens is 897 g/mol. The molecule has 0 saturated carbocycles. The van der Waals surface area contributed by atoms with Crippen LogP contribution >= 0.6 is 0 Å². The van der Waals surface area contributed by atoms with Crippen molar-refractivity contribution < 1.29 is 0 Å². The van der Waals surface area contributed by atoms with E-state index in [1.54, 1.807) is 0 Å². The van der Waals surface area contributed by atoms with Crippen molar-refractivity contribution >= 4 is 79.0 Å². The molecule has 0 spiro atoms. The SMILES string of the molecule is c1ccc(N(c2ccccc2)c2ccc(N(c3ccccc3)c3ccc(-c4ccc(-c5ccc(N(c6ccc(N(c7ccccc7)c7ccccc7)cc6)c6cccc7ccccc67)cc5)cc4)cc3)cc2)cc1. The van der Waals surface area contributed by atoms with E-state index >= 15 is 0 Å². The van der Waals surface area contributed by atoms with E-state index in [2.05, 4.69) is 335 Å². The van der Waals surface area contributed by atoms with Crippen LogP contribution in [0, 0.1) is 0 Å². The molecule has 0 atom stereocenters. The first kappa shape index (κ1) is 45.3. The van der Waals surface area contributed by atoms with Crippen LogP contribution < -0.4 is 19.6 Å². The summed E-state index contributed by atoms with van der Waals surface area (Å²) in [5, 5.41) is 2.39. The predicted octanol–water partition coefficient (Wildman–Crippen LogP) is 20.1. The van der Waals surface area contributed by atoms with Gasteiger partial charge in [-0.25, -0.2) is 0 Å². The van der Waals surface area contributed by atoms with Crippen molar-refractivity contribution in [3.05, 3.63) is 315 Å². The van der Waals surface area contributed by atoms with E-state index in [-0.39, 0.29) is 0 Å². The normalized spacial score (nSPS) is 11.0. The molecule has 0 fully saturated rings. The van der Waals surface area contributed by atoms with Crippen molar-refractivity contribution in [3.8, 4) is 22.3 Å². The van der Waals surface area contributed by atoms with Gasteiger partial charge in [0.25, 0.3) is 0 Å². The fourth-order valence-corrected chi connectivity index (χ4v) is 10.0. The van der Waals surface area contributed by atoms with E-state index in [0.717, 1.165) is 90.5 Å². The summed E-state index contributed by atoms with van der Waals surface area (Å²) in [6, 6.07) is 113. The third-order valence-electron chi connectivity index (χ3n) is 13.6. The minimum Gasteiger partial charge on any atom is -0.311 e. The standard InChI is InChI=1S/C70H52N4/c1-6-21-58(22-7-1)71(59-23-8-2-9-24-59)64-45-47-66(48-46-64)73(62-29-14-5-15-30-62)63-41-37-55(38-42-63)53-33-35-54(36-34-53)56-39-43-67(44-40-56)74(70-32-18-20-57-19-16-17-31-69(57)70)68-51-49-65(50-52-68)72(60-25-10-3-11-26-60)61-27-12-4-13-28-61/h1-52H. The second-order valence-electron chi connectivity index (χ2n) is 18.2. The van der Waals surface area contributed by atoms with Gasteiger partial charge in [0.2, 0.25) is 0 Å². The summed E-state index contributed by atoms with van der Waals surface area (Å²) in [6.45, 7) is 0. The van der Waals surface area contributed by atoms with Gasteiger partial charge in [-0.15, -0.1) is 0 Å². The Hall–Kier alpha value is -9.90. The van der Waals surface area contributed by atoms with Gasteiger partial charge in [0.1, 0.15) is 0 Å². The Labute approximate surface area is 434 Å². The van der Waals surface area contributed by atoms with Crippen molar-refractivity contribution in [3.63, 3.8) is 0 Å². The summed E-state index contributed by atoms with van der Waals surface area (Å²) < 4.78 is 0. The number of anilines is 12. The molecule has 352 valence electrons. The van der Waals surface area contributed by atoms with Crippen molar-refractivity contribution in [2.45, 2.75) is 0 Å². The van der Waals surface area contributed by atoms with Crippen molar-refractivity contribution in [1.82, 2.24) is 0 Å². The van der Waals surface area contributed by atoms with E-state index in [1.165, 1.54) is 10.8 Å².